The monoisotopic (exact) mass is 383 g/mol. The van der Waals surface area contributed by atoms with Gasteiger partial charge in [0.25, 0.3) is 5.91 Å². The van der Waals surface area contributed by atoms with E-state index in [1.165, 1.54) is 11.3 Å². The minimum Gasteiger partial charge on any atom is -0.369 e. The van der Waals surface area contributed by atoms with Crippen molar-refractivity contribution in [3.63, 3.8) is 0 Å². The minimum absolute atomic E-state index is 0.00348. The Morgan fingerprint density at radius 3 is 3.04 bits per heavy atom. The summed E-state index contributed by atoms with van der Waals surface area (Å²) in [5, 5.41) is 10.5. The van der Waals surface area contributed by atoms with E-state index in [1.807, 2.05) is 16.1 Å². The van der Waals surface area contributed by atoms with Crippen molar-refractivity contribution in [2.45, 2.75) is 25.3 Å². The maximum atomic E-state index is 12.5. The van der Waals surface area contributed by atoms with Crippen LogP contribution in [0.25, 0.3) is 10.8 Å². The maximum Gasteiger partial charge on any atom is 0.256 e. The van der Waals surface area contributed by atoms with Gasteiger partial charge in [0.15, 0.2) is 10.8 Å². The smallest absolute Gasteiger partial charge is 0.256 e. The molecule has 0 aliphatic carbocycles. The molecule has 0 aromatic carbocycles. The maximum absolute atomic E-state index is 12.5. The SMILES string of the molecule is CN(C)C(=O)c1cnn2c1C(CNc1ccnc(-c3nccs3)n1)CCC2. The van der Waals surface area contributed by atoms with Crippen LogP contribution in [0.2, 0.25) is 0 Å². The van der Waals surface area contributed by atoms with Gasteiger partial charge in [-0.3, -0.25) is 9.48 Å². The number of carbonyl (C=O) groups excluding carboxylic acids is 1. The molecule has 0 bridgehead atoms. The zero-order valence-corrected chi connectivity index (χ0v) is 16.1. The van der Waals surface area contributed by atoms with Crippen molar-refractivity contribution < 1.29 is 4.79 Å². The number of aromatic nitrogens is 5. The number of fused-ring (bicyclic) bond motifs is 1. The lowest BCUT2D eigenvalue weighted by atomic mass is 9.93. The number of nitrogens with zero attached hydrogens (tertiary/aromatic N) is 6. The molecule has 0 saturated heterocycles. The lowest BCUT2D eigenvalue weighted by Gasteiger charge is -2.25. The number of nitrogens with one attached hydrogen (secondary N) is 1. The second kappa shape index (κ2) is 7.43. The fourth-order valence-corrected chi connectivity index (χ4v) is 3.93. The zero-order valence-electron chi connectivity index (χ0n) is 15.3. The van der Waals surface area contributed by atoms with Gasteiger partial charge in [0.1, 0.15) is 5.82 Å². The minimum atomic E-state index is -0.00348. The summed E-state index contributed by atoms with van der Waals surface area (Å²) in [5.74, 6) is 1.58. The van der Waals surface area contributed by atoms with Crippen LogP contribution >= 0.6 is 11.3 Å². The molecule has 1 atom stereocenters. The van der Waals surface area contributed by atoms with E-state index in [0.29, 0.717) is 17.9 Å². The van der Waals surface area contributed by atoms with Crippen LogP contribution in [0.4, 0.5) is 5.82 Å². The van der Waals surface area contributed by atoms with Gasteiger partial charge < -0.3 is 10.2 Å². The van der Waals surface area contributed by atoms with Crippen molar-refractivity contribution in [2.24, 2.45) is 0 Å². The summed E-state index contributed by atoms with van der Waals surface area (Å²) in [4.78, 5) is 27.2. The van der Waals surface area contributed by atoms with Gasteiger partial charge in [-0.15, -0.1) is 11.3 Å². The van der Waals surface area contributed by atoms with Crippen LogP contribution in [-0.4, -0.2) is 56.2 Å². The van der Waals surface area contributed by atoms with Crippen molar-refractivity contribution in [3.8, 4) is 10.8 Å². The third kappa shape index (κ3) is 3.55. The fraction of sp³-hybridized carbons (Fsp3) is 0.389. The molecule has 3 aromatic rings. The van der Waals surface area contributed by atoms with E-state index < -0.39 is 0 Å². The predicted octanol–water partition coefficient (Wildman–Crippen LogP) is 2.49. The molecule has 8 nitrogen and oxygen atoms in total. The molecule has 0 fully saturated rings. The third-order valence-corrected chi connectivity index (χ3v) is 5.40. The van der Waals surface area contributed by atoms with E-state index in [9.17, 15) is 4.79 Å². The molecule has 1 unspecified atom stereocenters. The first-order valence-corrected chi connectivity index (χ1v) is 9.75. The van der Waals surface area contributed by atoms with Crippen LogP contribution in [0.3, 0.4) is 0 Å². The largest absolute Gasteiger partial charge is 0.369 e. The Kier molecular flexibility index (Phi) is 4.85. The number of hydrogen-bond donors (Lipinski definition) is 1. The molecule has 3 aromatic heterocycles. The highest BCUT2D eigenvalue weighted by Gasteiger charge is 2.28. The summed E-state index contributed by atoms with van der Waals surface area (Å²) in [7, 11) is 3.53. The molecule has 9 heteroatoms. The second-order valence-electron chi connectivity index (χ2n) is 6.69. The Balaban J connectivity index is 1.53. The van der Waals surface area contributed by atoms with Gasteiger partial charge in [0.05, 0.1) is 17.5 Å². The standard InChI is InChI=1S/C18H21N7OS/c1-24(2)18(26)13-11-22-25-8-3-4-12(15(13)25)10-21-14-5-6-19-16(23-14)17-20-7-9-27-17/h5-7,9,11-12H,3-4,8,10H2,1-2H3,(H,19,21,23). The molecule has 1 N–H and O–H groups in total. The van der Waals surface area contributed by atoms with E-state index in [4.69, 9.17) is 0 Å². The second-order valence-corrected chi connectivity index (χ2v) is 7.58. The number of hydrogen-bond acceptors (Lipinski definition) is 7. The number of carbonyl (C=O) groups is 1. The van der Waals surface area contributed by atoms with Crippen LogP contribution in [0.5, 0.6) is 0 Å². The van der Waals surface area contributed by atoms with Gasteiger partial charge in [-0.2, -0.15) is 5.10 Å². The summed E-state index contributed by atoms with van der Waals surface area (Å²) in [6.45, 7) is 1.54. The molecule has 27 heavy (non-hydrogen) atoms. The van der Waals surface area contributed by atoms with Crippen molar-refractivity contribution in [3.05, 3.63) is 41.3 Å². The summed E-state index contributed by atoms with van der Waals surface area (Å²) in [5.41, 5.74) is 1.71. The molecule has 1 aliphatic heterocycles. The molecule has 140 valence electrons. The molecule has 4 heterocycles. The number of thiazole rings is 1. The Labute approximate surface area is 161 Å². The highest BCUT2D eigenvalue weighted by Crippen LogP contribution is 2.30. The summed E-state index contributed by atoms with van der Waals surface area (Å²) in [6, 6.07) is 1.85. The van der Waals surface area contributed by atoms with Crippen molar-refractivity contribution in [1.82, 2.24) is 29.6 Å². The highest BCUT2D eigenvalue weighted by molar-refractivity contribution is 7.13. The van der Waals surface area contributed by atoms with Crippen LogP contribution in [0, 0.1) is 0 Å². The molecular formula is C18H21N7OS. The van der Waals surface area contributed by atoms with Crippen molar-refractivity contribution >= 4 is 23.1 Å². The van der Waals surface area contributed by atoms with Crippen LogP contribution in [0.15, 0.2) is 30.0 Å². The van der Waals surface area contributed by atoms with Gasteiger partial charge in [-0.05, 0) is 18.9 Å². The van der Waals surface area contributed by atoms with Crippen LogP contribution in [-0.2, 0) is 6.54 Å². The third-order valence-electron chi connectivity index (χ3n) is 4.63. The Hall–Kier alpha value is -2.81. The molecule has 1 amide bonds. The Morgan fingerprint density at radius 1 is 1.37 bits per heavy atom. The summed E-state index contributed by atoms with van der Waals surface area (Å²) < 4.78 is 1.97. The van der Waals surface area contributed by atoms with E-state index in [2.05, 4.69) is 25.4 Å². The van der Waals surface area contributed by atoms with Crippen LogP contribution in [0.1, 0.15) is 34.8 Å². The number of anilines is 1. The summed E-state index contributed by atoms with van der Waals surface area (Å²) in [6.07, 6.45) is 7.23. The molecule has 0 saturated carbocycles. The van der Waals surface area contributed by atoms with E-state index in [0.717, 1.165) is 35.9 Å². The first-order valence-electron chi connectivity index (χ1n) is 8.87. The van der Waals surface area contributed by atoms with E-state index >= 15 is 0 Å². The average Bonchev–Trinajstić information content (AvgIpc) is 3.36. The van der Waals surface area contributed by atoms with Crippen molar-refractivity contribution in [2.75, 3.05) is 26.0 Å². The van der Waals surface area contributed by atoms with Gasteiger partial charge >= 0.3 is 0 Å². The van der Waals surface area contributed by atoms with E-state index in [1.54, 1.807) is 37.6 Å². The van der Waals surface area contributed by atoms with Gasteiger partial charge in [-0.1, -0.05) is 0 Å². The highest BCUT2D eigenvalue weighted by atomic mass is 32.1. The number of amides is 1. The number of aryl methyl sites for hydroxylation is 1. The number of rotatable bonds is 5. The lowest BCUT2D eigenvalue weighted by molar-refractivity contribution is 0.0825. The zero-order chi connectivity index (χ0) is 18.8. The van der Waals surface area contributed by atoms with Crippen LogP contribution < -0.4 is 5.32 Å². The molecule has 1 aliphatic rings. The summed E-state index contributed by atoms with van der Waals surface area (Å²) >= 11 is 1.51. The van der Waals surface area contributed by atoms with Gasteiger partial charge in [0.2, 0.25) is 0 Å². The van der Waals surface area contributed by atoms with Gasteiger partial charge in [0, 0.05) is 50.9 Å². The molecule has 0 radical (unpaired) electrons. The first kappa shape index (κ1) is 17.6. The fourth-order valence-electron chi connectivity index (χ4n) is 3.35. The lowest BCUT2D eigenvalue weighted by Crippen LogP contribution is -2.27. The molecule has 4 rings (SSSR count). The molecule has 0 spiro atoms. The quantitative estimate of drug-likeness (QED) is 0.728. The first-order chi connectivity index (χ1) is 13.1. The normalized spacial score (nSPS) is 16.0. The topological polar surface area (TPSA) is 88.8 Å². The van der Waals surface area contributed by atoms with Crippen molar-refractivity contribution in [1.29, 1.82) is 0 Å². The van der Waals surface area contributed by atoms with Gasteiger partial charge in [-0.25, -0.2) is 15.0 Å². The molecular weight excluding hydrogens is 362 g/mol. The van der Waals surface area contributed by atoms with E-state index in [-0.39, 0.29) is 11.8 Å². The predicted molar refractivity (Wildman–Crippen MR) is 104 cm³/mol. The Morgan fingerprint density at radius 2 is 2.26 bits per heavy atom. The average molecular weight is 383 g/mol. The Bertz CT molecular complexity index is 935.